The maximum atomic E-state index is 13.5. The third-order valence-corrected chi connectivity index (χ3v) is 5.70. The molecule has 1 fully saturated rings. The molecule has 0 radical (unpaired) electrons. The summed E-state index contributed by atoms with van der Waals surface area (Å²) in [6, 6.07) is 6.86. The van der Waals surface area contributed by atoms with Crippen LogP contribution in [0.5, 0.6) is 0 Å². The number of nitrogens with one attached hydrogen (secondary N) is 1. The number of piperazine rings is 1. The fourth-order valence-corrected chi connectivity index (χ4v) is 4.00. The van der Waals surface area contributed by atoms with Crippen LogP contribution in [0.25, 0.3) is 0 Å². The lowest BCUT2D eigenvalue weighted by atomic mass is 10.1. The van der Waals surface area contributed by atoms with Crippen LogP contribution in [0.3, 0.4) is 0 Å². The molecule has 1 N–H and O–H groups in total. The first-order chi connectivity index (χ1) is 11.0. The molecule has 0 saturated carbocycles. The molecule has 0 unspecified atom stereocenters. The lowest BCUT2D eigenvalue weighted by Crippen LogP contribution is -2.52. The highest BCUT2D eigenvalue weighted by Crippen LogP contribution is 2.11. The Morgan fingerprint density at radius 1 is 1.17 bits per heavy atom. The van der Waals surface area contributed by atoms with E-state index in [9.17, 15) is 12.8 Å². The number of halogens is 1. The molecule has 2 rings (SSSR count). The predicted octanol–water partition coefficient (Wildman–Crippen LogP) is 1.62. The maximum Gasteiger partial charge on any atom is 0.279 e. The molecular weight excluding hydrogens is 317 g/mol. The predicted molar refractivity (Wildman–Crippen MR) is 89.9 cm³/mol. The molecule has 1 heterocycles. The molecule has 1 saturated heterocycles. The van der Waals surface area contributed by atoms with E-state index in [1.165, 1.54) is 10.4 Å². The van der Waals surface area contributed by atoms with Crippen molar-refractivity contribution in [3.05, 3.63) is 35.6 Å². The molecule has 0 atom stereocenters. The van der Waals surface area contributed by atoms with Gasteiger partial charge in [0.1, 0.15) is 5.82 Å². The summed E-state index contributed by atoms with van der Waals surface area (Å²) in [4.78, 5) is 2.24. The van der Waals surface area contributed by atoms with Crippen LogP contribution in [-0.2, 0) is 16.6 Å². The Morgan fingerprint density at radius 2 is 1.87 bits per heavy atom. The van der Waals surface area contributed by atoms with Crippen molar-refractivity contribution in [2.45, 2.75) is 26.2 Å². The number of rotatable bonds is 8. The molecule has 1 aliphatic heterocycles. The Hall–Kier alpha value is -1.02. The standard InChI is InChI=1S/C16H26FN3O2S/c1-2-9-18-23(21,22)20-13-11-19(12-14-20)10-5-7-15-6-3-4-8-16(15)17/h3-4,6,8,18H,2,5,7,9-14H2,1H3. The van der Waals surface area contributed by atoms with Gasteiger partial charge < -0.3 is 4.90 Å². The summed E-state index contributed by atoms with van der Waals surface area (Å²) >= 11 is 0. The first kappa shape index (κ1) is 18.3. The van der Waals surface area contributed by atoms with Gasteiger partial charge in [0.15, 0.2) is 0 Å². The lowest BCUT2D eigenvalue weighted by Gasteiger charge is -2.33. The second-order valence-corrected chi connectivity index (χ2v) is 7.59. The largest absolute Gasteiger partial charge is 0.301 e. The van der Waals surface area contributed by atoms with Crippen LogP contribution in [0, 0.1) is 5.82 Å². The van der Waals surface area contributed by atoms with Gasteiger partial charge in [-0.25, -0.2) is 9.11 Å². The molecule has 1 aromatic carbocycles. The second kappa shape index (κ2) is 8.73. The summed E-state index contributed by atoms with van der Waals surface area (Å²) in [5, 5.41) is 0. The molecule has 23 heavy (non-hydrogen) atoms. The number of benzene rings is 1. The third-order valence-electron chi connectivity index (χ3n) is 4.08. The van der Waals surface area contributed by atoms with E-state index in [2.05, 4.69) is 9.62 Å². The van der Waals surface area contributed by atoms with Gasteiger partial charge in [0.25, 0.3) is 10.2 Å². The van der Waals surface area contributed by atoms with Crippen LogP contribution in [0.4, 0.5) is 4.39 Å². The van der Waals surface area contributed by atoms with Crippen LogP contribution in [0.15, 0.2) is 24.3 Å². The molecule has 0 aliphatic carbocycles. The Kier molecular flexibility index (Phi) is 6.95. The van der Waals surface area contributed by atoms with Gasteiger partial charge >= 0.3 is 0 Å². The molecule has 0 aromatic heterocycles. The highest BCUT2D eigenvalue weighted by molar-refractivity contribution is 7.87. The van der Waals surface area contributed by atoms with E-state index in [1.54, 1.807) is 6.07 Å². The lowest BCUT2D eigenvalue weighted by molar-refractivity contribution is 0.185. The summed E-state index contributed by atoms with van der Waals surface area (Å²) in [6.45, 7) is 5.76. The van der Waals surface area contributed by atoms with E-state index in [0.717, 1.165) is 38.0 Å². The summed E-state index contributed by atoms with van der Waals surface area (Å²) < 4.78 is 41.7. The van der Waals surface area contributed by atoms with Gasteiger partial charge in [-0.3, -0.25) is 0 Å². The zero-order chi connectivity index (χ0) is 16.7. The van der Waals surface area contributed by atoms with Gasteiger partial charge in [-0.2, -0.15) is 12.7 Å². The van der Waals surface area contributed by atoms with Crippen molar-refractivity contribution in [2.75, 3.05) is 39.3 Å². The number of aryl methyl sites for hydroxylation is 1. The number of hydrogen-bond acceptors (Lipinski definition) is 3. The van der Waals surface area contributed by atoms with E-state index < -0.39 is 10.2 Å². The molecule has 7 heteroatoms. The molecule has 0 amide bonds. The summed E-state index contributed by atoms with van der Waals surface area (Å²) in [5.74, 6) is -0.148. The summed E-state index contributed by atoms with van der Waals surface area (Å²) in [5.41, 5.74) is 0.748. The SMILES string of the molecule is CCCNS(=O)(=O)N1CCN(CCCc2ccccc2F)CC1. The van der Waals surface area contributed by atoms with Crippen LogP contribution in [-0.4, -0.2) is 56.9 Å². The molecule has 5 nitrogen and oxygen atoms in total. The molecule has 1 aromatic rings. The minimum absolute atomic E-state index is 0.148. The van der Waals surface area contributed by atoms with Crippen molar-refractivity contribution in [2.24, 2.45) is 0 Å². The Morgan fingerprint density at radius 3 is 2.52 bits per heavy atom. The van der Waals surface area contributed by atoms with E-state index >= 15 is 0 Å². The van der Waals surface area contributed by atoms with Crippen LogP contribution < -0.4 is 4.72 Å². The zero-order valence-corrected chi connectivity index (χ0v) is 14.5. The van der Waals surface area contributed by atoms with Crippen molar-refractivity contribution in [1.82, 2.24) is 13.9 Å². The van der Waals surface area contributed by atoms with Gasteiger partial charge in [0.05, 0.1) is 0 Å². The minimum Gasteiger partial charge on any atom is -0.301 e. The quantitative estimate of drug-likeness (QED) is 0.780. The van der Waals surface area contributed by atoms with Gasteiger partial charge in [-0.15, -0.1) is 0 Å². The fraction of sp³-hybridized carbons (Fsp3) is 0.625. The van der Waals surface area contributed by atoms with E-state index in [-0.39, 0.29) is 5.82 Å². The number of nitrogens with zero attached hydrogens (tertiary/aromatic N) is 2. The van der Waals surface area contributed by atoms with Gasteiger partial charge in [0.2, 0.25) is 0 Å². The number of hydrogen-bond donors (Lipinski definition) is 1. The van der Waals surface area contributed by atoms with Crippen molar-refractivity contribution in [3.8, 4) is 0 Å². The maximum absolute atomic E-state index is 13.5. The normalized spacial score (nSPS) is 17.5. The van der Waals surface area contributed by atoms with Gasteiger partial charge in [0, 0.05) is 32.7 Å². The first-order valence-corrected chi connectivity index (χ1v) is 9.67. The highest BCUT2D eigenvalue weighted by Gasteiger charge is 2.25. The second-order valence-electron chi connectivity index (χ2n) is 5.84. The summed E-state index contributed by atoms with van der Waals surface area (Å²) in [7, 11) is -3.33. The molecule has 130 valence electrons. The Balaban J connectivity index is 1.72. The monoisotopic (exact) mass is 343 g/mol. The van der Waals surface area contributed by atoms with Crippen molar-refractivity contribution in [1.29, 1.82) is 0 Å². The van der Waals surface area contributed by atoms with E-state index in [4.69, 9.17) is 0 Å². The van der Waals surface area contributed by atoms with Crippen LogP contribution in [0.2, 0.25) is 0 Å². The summed E-state index contributed by atoms with van der Waals surface area (Å²) in [6.07, 6.45) is 2.38. The average Bonchev–Trinajstić information content (AvgIpc) is 2.55. The zero-order valence-electron chi connectivity index (χ0n) is 13.7. The minimum atomic E-state index is -3.33. The van der Waals surface area contributed by atoms with E-state index in [1.807, 2.05) is 19.1 Å². The fourth-order valence-electron chi connectivity index (χ4n) is 2.71. The van der Waals surface area contributed by atoms with Crippen molar-refractivity contribution in [3.63, 3.8) is 0 Å². The molecular formula is C16H26FN3O2S. The van der Waals surface area contributed by atoms with Crippen LogP contribution >= 0.6 is 0 Å². The van der Waals surface area contributed by atoms with Crippen molar-refractivity contribution < 1.29 is 12.8 Å². The Bertz CT molecular complexity index is 587. The smallest absolute Gasteiger partial charge is 0.279 e. The molecule has 1 aliphatic rings. The van der Waals surface area contributed by atoms with Gasteiger partial charge in [-0.1, -0.05) is 25.1 Å². The molecule has 0 bridgehead atoms. The first-order valence-electron chi connectivity index (χ1n) is 8.23. The van der Waals surface area contributed by atoms with Crippen LogP contribution in [0.1, 0.15) is 25.3 Å². The average molecular weight is 343 g/mol. The van der Waals surface area contributed by atoms with E-state index in [0.29, 0.717) is 26.1 Å². The molecule has 0 spiro atoms. The Labute approximate surface area is 138 Å². The topological polar surface area (TPSA) is 52.7 Å². The van der Waals surface area contributed by atoms with Gasteiger partial charge in [-0.05, 0) is 37.4 Å². The van der Waals surface area contributed by atoms with Crippen molar-refractivity contribution >= 4 is 10.2 Å². The highest BCUT2D eigenvalue weighted by atomic mass is 32.2. The third kappa shape index (κ3) is 5.53.